The Balaban J connectivity index is 0.000000164. The molecule has 0 radical (unpaired) electrons. The van der Waals surface area contributed by atoms with Gasteiger partial charge < -0.3 is 56.7 Å². The lowest BCUT2D eigenvalue weighted by Crippen LogP contribution is -2.57. The molecule has 8 N–H and O–H groups in total. The normalized spacial score (nSPS) is 15.0. The standard InChI is InChI=1S/C26H35N3O4S.C25H21ClF3N9O3.C24H21ClF3N9O3.C24H33N3O3S/c1-6-21(31)28-23(26(3,4)5)25(33)29-15-19(30)13-20(29)24(32)27-14-17-7-9-18(10-8-17)22-16(2)11-12-34-22;1-13(39)3-4-36-11-16(32-34-36)12-38-24(40)31-23(30-22-6-15-9-35(2)33-21(15)7-17(22)26)37(25(38)41)10-14-5-19(28)20(29)8-18(14)27;1-34-9-14-6-21(16(25)7-20(14)32-34)29-22-30-23(38)37(12-15-11-35(33-31-15)3-4-40-2)24(39)36(22)10-13-5-18(27)19(28)8-17(13)26;1-15-10-11-31-20(15)17-8-6-16(7-9-17)13-26-22(29)19-12-18(28)14-27(19)23(30)21(25-5)24(2,3)4/h7-12,19-20,23,30H,6,13-15H2,1-5H3,(H,27,32)(H,28,31);5-9,11H,3-4,10,12H2,1-2H3,(H,30,31,40);5-9,11H,3-4,10,12H2,1-2H3,(H,29,30,38);6-11,18-19,21,25,28H,12-14H2,1-5H3,(H,26,29)/t19-,20+,23-;;;18-,19+,21-/m1..1/s1. The summed E-state index contributed by atoms with van der Waals surface area (Å²) in [6.07, 6.45) is 5.87. The lowest BCUT2D eigenvalue weighted by molar-refractivity contribution is -0.144. The summed E-state index contributed by atoms with van der Waals surface area (Å²) in [6, 6.07) is 26.1. The lowest BCUT2D eigenvalue weighted by atomic mass is 9.85. The number of carbonyl (C=O) groups excluding carboxylic acids is 6. The van der Waals surface area contributed by atoms with Crippen molar-refractivity contribution in [2.45, 2.75) is 184 Å². The largest absolute Gasteiger partial charge is 0.391 e. The van der Waals surface area contributed by atoms with Gasteiger partial charge >= 0.3 is 22.8 Å². The number of likely N-dealkylation sites (tertiary alicyclic amines) is 2. The van der Waals surface area contributed by atoms with Gasteiger partial charge in [0, 0.05) is 136 Å². The van der Waals surface area contributed by atoms with Crippen molar-refractivity contribution in [2.24, 2.45) is 24.9 Å². The number of amides is 5. The number of methoxy groups -OCH3 is 1. The van der Waals surface area contributed by atoms with E-state index >= 15 is 0 Å². The Bertz CT molecular complexity index is 7410. The van der Waals surface area contributed by atoms with Gasteiger partial charge in [0.15, 0.2) is 23.3 Å². The number of hydrogen-bond donors (Lipinski definition) is 8. The Kier molecular flexibility index (Phi) is 35.3. The Hall–Kier alpha value is -14.2. The first-order valence-electron chi connectivity index (χ1n) is 46.3. The molecule has 2 saturated heterocycles. The quantitative estimate of drug-likeness (QED) is 0.0148. The fraction of sp³-hybridized carbons (Fsp3) is 0.374. The second kappa shape index (κ2) is 47.3. The number of ketones is 1. The molecule has 6 atom stereocenters. The minimum Gasteiger partial charge on any atom is -0.391 e. The number of aliphatic hydroxyl groups is 2. The number of fused-ring (bicyclic) bond motifs is 2. The third-order valence-corrected chi connectivity index (χ3v) is 26.8. The smallest absolute Gasteiger partial charge is 0.355 e. The van der Waals surface area contributed by atoms with Gasteiger partial charge in [-0.25, -0.2) is 59.3 Å². The van der Waals surface area contributed by atoms with Gasteiger partial charge in [-0.2, -0.15) is 20.2 Å². The molecule has 37 nitrogen and oxygen atoms in total. The highest BCUT2D eigenvalue weighted by Gasteiger charge is 2.46. The Labute approximate surface area is 850 Å². The number of β-amino-alcohol motifs (C(OH)–C–C–N with tert-alkyl or cyclic N) is 2. The van der Waals surface area contributed by atoms with E-state index in [4.69, 9.17) is 27.9 Å². The molecular formula is C99H110Cl2F6N24O13S2. The molecule has 0 aliphatic carbocycles. The number of thiophene rings is 2. The molecule has 2 aliphatic heterocycles. The van der Waals surface area contributed by atoms with E-state index in [1.807, 2.05) is 77.9 Å². The van der Waals surface area contributed by atoms with Crippen molar-refractivity contribution in [2.75, 3.05) is 44.5 Å². The molecule has 772 valence electrons. The van der Waals surface area contributed by atoms with E-state index in [-0.39, 0.29) is 155 Å². The van der Waals surface area contributed by atoms with Gasteiger partial charge in [-0.1, -0.05) is 131 Å². The molecule has 0 saturated carbocycles. The molecular weight excluding hydrogens is 1980 g/mol. The number of rotatable bonds is 31. The van der Waals surface area contributed by atoms with Crippen molar-refractivity contribution >= 4 is 126 Å². The molecule has 6 aromatic carbocycles. The highest BCUT2D eigenvalue weighted by atomic mass is 35.5. The molecule has 0 unspecified atom stereocenters. The number of benzene rings is 6. The van der Waals surface area contributed by atoms with Crippen molar-refractivity contribution in [1.82, 2.24) is 109 Å². The Morgan fingerprint density at radius 3 is 1.32 bits per heavy atom. The molecule has 0 spiro atoms. The summed E-state index contributed by atoms with van der Waals surface area (Å²) < 4.78 is 98.6. The molecule has 146 heavy (non-hydrogen) atoms. The van der Waals surface area contributed by atoms with E-state index < -0.39 is 113 Å². The molecule has 2 fully saturated rings. The summed E-state index contributed by atoms with van der Waals surface area (Å²) in [6.45, 7) is 19.0. The summed E-state index contributed by atoms with van der Waals surface area (Å²) in [5.41, 5.74) is 3.57. The van der Waals surface area contributed by atoms with E-state index in [2.05, 4.69) is 122 Å². The van der Waals surface area contributed by atoms with E-state index in [9.17, 15) is 84.5 Å². The van der Waals surface area contributed by atoms with E-state index in [1.165, 1.54) is 72.0 Å². The number of ether oxygens (including phenoxy) is 1. The number of nitrogens with zero attached hydrogens (tertiary/aromatic N) is 18. The Morgan fingerprint density at radius 1 is 0.534 bits per heavy atom. The van der Waals surface area contributed by atoms with Gasteiger partial charge in [0.2, 0.25) is 41.4 Å². The lowest BCUT2D eigenvalue weighted by Gasteiger charge is -2.35. The number of halogens is 8. The van der Waals surface area contributed by atoms with Gasteiger partial charge in [-0.3, -0.25) is 51.9 Å². The fourth-order valence-electron chi connectivity index (χ4n) is 16.4. The van der Waals surface area contributed by atoms with Crippen LogP contribution in [0.25, 0.3) is 42.7 Å². The summed E-state index contributed by atoms with van der Waals surface area (Å²) in [5, 5.41) is 67.9. The number of aliphatic hydroxyl groups excluding tert-OH is 2. The number of hydrogen-bond acceptors (Lipinski definition) is 26. The average molecular weight is 2090 g/mol. The predicted octanol–water partition coefficient (Wildman–Crippen LogP) is 11.4. The molecule has 2 aliphatic rings. The zero-order valence-corrected chi connectivity index (χ0v) is 85.3. The summed E-state index contributed by atoms with van der Waals surface area (Å²) >= 11 is 16.2. The van der Waals surface area contributed by atoms with Crippen LogP contribution in [0, 0.1) is 59.6 Å². The number of aromatic nitrogens is 16. The number of Topliss-reactive ketones (excluding diaryl/α,β-unsaturated/α-hetero) is 1. The second-order valence-corrected chi connectivity index (χ2v) is 40.0. The van der Waals surface area contributed by atoms with Crippen LogP contribution in [0.3, 0.4) is 0 Å². The van der Waals surface area contributed by atoms with Crippen LogP contribution in [0.2, 0.25) is 10.0 Å². The Morgan fingerprint density at radius 2 is 0.938 bits per heavy atom. The van der Waals surface area contributed by atoms with Crippen LogP contribution in [0.4, 0.5) is 49.6 Å². The van der Waals surface area contributed by atoms with Gasteiger partial charge in [0.25, 0.3) is 0 Å². The fourth-order valence-corrected chi connectivity index (χ4v) is 18.7. The zero-order valence-electron chi connectivity index (χ0n) is 82.2. The molecule has 47 heteroatoms. The minimum atomic E-state index is -1.40. The van der Waals surface area contributed by atoms with Gasteiger partial charge in [0.05, 0.1) is 102 Å². The number of nitrogens with one attached hydrogen (secondary N) is 6. The predicted molar refractivity (Wildman–Crippen MR) is 539 cm³/mol. The molecule has 10 heterocycles. The van der Waals surface area contributed by atoms with Crippen molar-refractivity contribution in [3.05, 3.63) is 276 Å². The van der Waals surface area contributed by atoms with Crippen LogP contribution in [0.1, 0.15) is 126 Å². The average Bonchev–Trinajstić information content (AvgIpc) is 0.913. The summed E-state index contributed by atoms with van der Waals surface area (Å²) in [4.78, 5) is 142. The number of likely N-dealkylation sites (N-methyl/N-ethyl adjacent to an activating group) is 1. The maximum atomic E-state index is 14.6. The van der Waals surface area contributed by atoms with Crippen LogP contribution >= 0.6 is 45.9 Å². The maximum Gasteiger partial charge on any atom is 0.355 e. The number of aryl methyl sites for hydroxylation is 5. The van der Waals surface area contributed by atoms with Gasteiger partial charge in [0.1, 0.15) is 46.9 Å². The highest BCUT2D eigenvalue weighted by molar-refractivity contribution is 7.14. The molecule has 5 amide bonds. The topological polar surface area (TPSA) is 442 Å². The highest BCUT2D eigenvalue weighted by Crippen LogP contribution is 2.36. The first-order valence-corrected chi connectivity index (χ1v) is 48.8. The van der Waals surface area contributed by atoms with E-state index in [0.717, 1.165) is 35.0 Å². The van der Waals surface area contributed by atoms with E-state index in [0.29, 0.717) is 72.3 Å². The monoisotopic (exact) mass is 2090 g/mol. The summed E-state index contributed by atoms with van der Waals surface area (Å²) in [7, 11) is 6.72. The molecule has 8 aromatic heterocycles. The molecule has 0 bridgehead atoms. The number of anilines is 4. The first kappa shape index (κ1) is 109. The van der Waals surface area contributed by atoms with E-state index in [1.54, 1.807) is 96.8 Å². The summed E-state index contributed by atoms with van der Waals surface area (Å²) in [5.74, 6) is -9.56. The van der Waals surface area contributed by atoms with Crippen LogP contribution in [-0.2, 0) is 100.0 Å². The third kappa shape index (κ3) is 26.9. The molecule has 14 aromatic rings. The minimum absolute atomic E-state index is 0.0549. The number of carbonyl (C=O) groups is 6. The van der Waals surface area contributed by atoms with Crippen molar-refractivity contribution in [3.63, 3.8) is 0 Å². The SMILES string of the molecule is CC(=O)CCn1cc(Cn2c(=O)nc(Nc3cc4cn(C)nc4cc3Cl)n(Cc3cc(F)c(F)cc3F)c2=O)nn1.CCC(=O)N[C@H](C(=O)N1C[C@H](O)C[C@H]1C(=O)NCc1ccc(-c2sccc2C)cc1)C(C)(C)C.CN[C@H](C(=O)N1C[C@H](O)C[C@H]1C(=O)NCc1ccc(-c2sccc2C)cc1)C(C)(C)C.COCCn1cc(Cn2c(=O)nc(Nc3cc4cn(C)nc4cc3Cl)n(Cc3cc(F)c(F)cc3F)c2=O)nn1. The van der Waals surface area contributed by atoms with Crippen LogP contribution in [0.15, 0.2) is 164 Å². The second-order valence-electron chi connectivity index (χ2n) is 37.4. The first-order chi connectivity index (χ1) is 69.2. The van der Waals surface area contributed by atoms with Crippen molar-refractivity contribution < 1.29 is 70.1 Å². The van der Waals surface area contributed by atoms with Crippen molar-refractivity contribution in [3.8, 4) is 20.9 Å². The third-order valence-electron chi connectivity index (χ3n) is 24.0. The van der Waals surface area contributed by atoms with Crippen molar-refractivity contribution in [1.29, 1.82) is 0 Å². The maximum absolute atomic E-state index is 14.6. The van der Waals surface area contributed by atoms with Crippen LogP contribution in [-0.4, -0.2) is 203 Å². The van der Waals surface area contributed by atoms with Crippen LogP contribution < -0.4 is 54.7 Å². The zero-order chi connectivity index (χ0) is 106. The van der Waals surface area contributed by atoms with Gasteiger partial charge in [-0.05, 0) is 131 Å². The van der Waals surface area contributed by atoms with Crippen LogP contribution in [0.5, 0.6) is 0 Å². The van der Waals surface area contributed by atoms with Gasteiger partial charge in [-0.15, -0.1) is 32.9 Å². The molecule has 16 rings (SSSR count).